The molecule has 0 aliphatic carbocycles. The molecule has 0 atom stereocenters. The lowest BCUT2D eigenvalue weighted by Gasteiger charge is -2.11. The molecule has 0 saturated carbocycles. The fourth-order valence-electron chi connectivity index (χ4n) is 2.14. The van der Waals surface area contributed by atoms with E-state index in [1.54, 1.807) is 23.5 Å². The Morgan fingerprint density at radius 2 is 2.17 bits per heavy atom. The maximum Gasteiger partial charge on any atom is 0.191 e. The van der Waals surface area contributed by atoms with Gasteiger partial charge in [0, 0.05) is 37.1 Å². The fraction of sp³-hybridized carbons (Fsp3) is 0.412. The summed E-state index contributed by atoms with van der Waals surface area (Å²) in [6.45, 7) is 6.31. The third kappa shape index (κ3) is 6.36. The predicted octanol–water partition coefficient (Wildman–Crippen LogP) is 2.93. The van der Waals surface area contributed by atoms with Crippen LogP contribution in [0.1, 0.15) is 22.4 Å². The SMILES string of the molecule is CCNC(=NCCc1ncc(C)s1)NCCc1cccc(F)c1. The standard InChI is InChI=1S/C17H23FN4S/c1-3-19-17(21-10-8-16-22-12-13(2)23-16)20-9-7-14-5-4-6-15(18)11-14/h4-6,11-12H,3,7-10H2,1-2H3,(H2,19,20,21). The van der Waals surface area contributed by atoms with Crippen LogP contribution in [0.15, 0.2) is 35.5 Å². The number of benzene rings is 1. The van der Waals surface area contributed by atoms with Gasteiger partial charge in [0.25, 0.3) is 0 Å². The molecule has 4 nitrogen and oxygen atoms in total. The number of aliphatic imine (C=N–C) groups is 1. The summed E-state index contributed by atoms with van der Waals surface area (Å²) in [6, 6.07) is 6.69. The molecule has 0 saturated heterocycles. The molecule has 0 unspecified atom stereocenters. The smallest absolute Gasteiger partial charge is 0.191 e. The Bertz CT molecular complexity index is 639. The van der Waals surface area contributed by atoms with Crippen LogP contribution >= 0.6 is 11.3 Å². The van der Waals surface area contributed by atoms with Crippen LogP contribution in [0.25, 0.3) is 0 Å². The van der Waals surface area contributed by atoms with Crippen molar-refractivity contribution in [3.05, 3.63) is 51.7 Å². The van der Waals surface area contributed by atoms with E-state index in [-0.39, 0.29) is 5.82 Å². The van der Waals surface area contributed by atoms with Crippen molar-refractivity contribution in [3.63, 3.8) is 0 Å². The Morgan fingerprint density at radius 1 is 1.30 bits per heavy atom. The van der Waals surface area contributed by atoms with Crippen LogP contribution in [0.4, 0.5) is 4.39 Å². The monoisotopic (exact) mass is 334 g/mol. The largest absolute Gasteiger partial charge is 0.357 e. The van der Waals surface area contributed by atoms with Crippen molar-refractivity contribution in [1.29, 1.82) is 0 Å². The second kappa shape index (κ2) is 9.25. The molecular formula is C17H23FN4S. The Kier molecular flexibility index (Phi) is 7.00. The molecule has 1 aromatic heterocycles. The number of nitrogens with zero attached hydrogens (tertiary/aromatic N) is 2. The molecule has 0 bridgehead atoms. The maximum atomic E-state index is 13.1. The quantitative estimate of drug-likeness (QED) is 0.605. The Hall–Kier alpha value is -1.95. The predicted molar refractivity (Wildman–Crippen MR) is 94.6 cm³/mol. The second-order valence-corrected chi connectivity index (χ2v) is 6.50. The second-order valence-electron chi connectivity index (χ2n) is 5.18. The van der Waals surface area contributed by atoms with Crippen LogP contribution in [-0.4, -0.2) is 30.6 Å². The van der Waals surface area contributed by atoms with E-state index >= 15 is 0 Å². The minimum atomic E-state index is -0.193. The molecule has 6 heteroatoms. The zero-order chi connectivity index (χ0) is 16.5. The third-order valence-electron chi connectivity index (χ3n) is 3.20. The van der Waals surface area contributed by atoms with Gasteiger partial charge in [0.1, 0.15) is 5.82 Å². The van der Waals surface area contributed by atoms with Gasteiger partial charge in [-0.2, -0.15) is 0 Å². The molecule has 0 spiro atoms. The molecule has 23 heavy (non-hydrogen) atoms. The normalized spacial score (nSPS) is 11.5. The third-order valence-corrected chi connectivity index (χ3v) is 4.18. The van der Waals surface area contributed by atoms with Gasteiger partial charge in [0.2, 0.25) is 0 Å². The van der Waals surface area contributed by atoms with Crippen molar-refractivity contribution in [1.82, 2.24) is 15.6 Å². The average Bonchev–Trinajstić information content (AvgIpc) is 2.93. The van der Waals surface area contributed by atoms with E-state index in [1.807, 2.05) is 19.2 Å². The first-order valence-corrected chi connectivity index (χ1v) is 8.67. The van der Waals surface area contributed by atoms with Gasteiger partial charge in [-0.05, 0) is 38.0 Å². The highest BCUT2D eigenvalue weighted by Crippen LogP contribution is 2.11. The lowest BCUT2D eigenvalue weighted by Crippen LogP contribution is -2.38. The van der Waals surface area contributed by atoms with E-state index in [2.05, 4.69) is 27.5 Å². The Labute approximate surface area is 140 Å². The number of thiazole rings is 1. The number of guanidine groups is 1. The van der Waals surface area contributed by atoms with Gasteiger partial charge in [0.05, 0.1) is 5.01 Å². The highest BCUT2D eigenvalue weighted by molar-refractivity contribution is 7.11. The van der Waals surface area contributed by atoms with Crippen LogP contribution in [-0.2, 0) is 12.8 Å². The molecule has 124 valence electrons. The van der Waals surface area contributed by atoms with E-state index < -0.39 is 0 Å². The molecule has 0 aliphatic rings. The van der Waals surface area contributed by atoms with Gasteiger partial charge in [-0.1, -0.05) is 12.1 Å². The van der Waals surface area contributed by atoms with Crippen LogP contribution in [0.3, 0.4) is 0 Å². The summed E-state index contributed by atoms with van der Waals surface area (Å²) in [5.74, 6) is 0.596. The molecule has 1 heterocycles. The van der Waals surface area contributed by atoms with Crippen molar-refractivity contribution < 1.29 is 4.39 Å². The summed E-state index contributed by atoms with van der Waals surface area (Å²) < 4.78 is 13.1. The first-order chi connectivity index (χ1) is 11.2. The number of halogens is 1. The van der Waals surface area contributed by atoms with Crippen molar-refractivity contribution in [2.45, 2.75) is 26.7 Å². The van der Waals surface area contributed by atoms with E-state index in [4.69, 9.17) is 0 Å². The maximum absolute atomic E-state index is 13.1. The van der Waals surface area contributed by atoms with Crippen LogP contribution in [0.2, 0.25) is 0 Å². The van der Waals surface area contributed by atoms with Gasteiger partial charge in [-0.25, -0.2) is 9.37 Å². The number of rotatable bonds is 7. The first kappa shape index (κ1) is 17.4. The number of nitrogens with one attached hydrogen (secondary N) is 2. The van der Waals surface area contributed by atoms with E-state index in [1.165, 1.54) is 10.9 Å². The minimum absolute atomic E-state index is 0.193. The first-order valence-electron chi connectivity index (χ1n) is 7.85. The topological polar surface area (TPSA) is 49.3 Å². The lowest BCUT2D eigenvalue weighted by molar-refractivity contribution is 0.625. The van der Waals surface area contributed by atoms with Crippen LogP contribution < -0.4 is 10.6 Å². The van der Waals surface area contributed by atoms with Crippen molar-refractivity contribution in [2.75, 3.05) is 19.6 Å². The zero-order valence-corrected chi connectivity index (χ0v) is 14.4. The zero-order valence-electron chi connectivity index (χ0n) is 13.6. The van der Waals surface area contributed by atoms with Gasteiger partial charge in [-0.3, -0.25) is 4.99 Å². The summed E-state index contributed by atoms with van der Waals surface area (Å²) in [5.41, 5.74) is 0.978. The molecule has 2 rings (SSSR count). The molecule has 0 amide bonds. The van der Waals surface area contributed by atoms with Crippen molar-refractivity contribution >= 4 is 17.3 Å². The lowest BCUT2D eigenvalue weighted by atomic mass is 10.1. The van der Waals surface area contributed by atoms with Crippen LogP contribution in [0, 0.1) is 12.7 Å². The molecule has 0 aliphatic heterocycles. The van der Waals surface area contributed by atoms with Gasteiger partial charge in [0.15, 0.2) is 5.96 Å². The highest BCUT2D eigenvalue weighted by Gasteiger charge is 2.01. The molecule has 2 N–H and O–H groups in total. The van der Waals surface area contributed by atoms with Gasteiger partial charge < -0.3 is 10.6 Å². The Balaban J connectivity index is 1.79. The van der Waals surface area contributed by atoms with Crippen molar-refractivity contribution in [3.8, 4) is 0 Å². The molecule has 0 fully saturated rings. The number of aromatic nitrogens is 1. The highest BCUT2D eigenvalue weighted by atomic mass is 32.1. The molecule has 0 radical (unpaired) electrons. The van der Waals surface area contributed by atoms with E-state index in [0.717, 1.165) is 35.9 Å². The van der Waals surface area contributed by atoms with E-state index in [0.29, 0.717) is 13.1 Å². The van der Waals surface area contributed by atoms with Crippen LogP contribution in [0.5, 0.6) is 0 Å². The van der Waals surface area contributed by atoms with Crippen molar-refractivity contribution in [2.24, 2.45) is 4.99 Å². The van der Waals surface area contributed by atoms with Gasteiger partial charge >= 0.3 is 0 Å². The fourth-order valence-corrected chi connectivity index (χ4v) is 2.92. The Morgan fingerprint density at radius 3 is 2.87 bits per heavy atom. The summed E-state index contributed by atoms with van der Waals surface area (Å²) in [5, 5.41) is 7.61. The number of hydrogen-bond acceptors (Lipinski definition) is 3. The number of hydrogen-bond donors (Lipinski definition) is 2. The summed E-state index contributed by atoms with van der Waals surface area (Å²) in [6.07, 6.45) is 3.50. The number of aryl methyl sites for hydroxylation is 1. The summed E-state index contributed by atoms with van der Waals surface area (Å²) >= 11 is 1.71. The summed E-state index contributed by atoms with van der Waals surface area (Å²) in [4.78, 5) is 10.1. The molecular weight excluding hydrogens is 311 g/mol. The molecule has 1 aromatic carbocycles. The van der Waals surface area contributed by atoms with E-state index in [9.17, 15) is 4.39 Å². The molecule has 2 aromatic rings. The average molecular weight is 334 g/mol. The van der Waals surface area contributed by atoms with Gasteiger partial charge in [-0.15, -0.1) is 11.3 Å². The minimum Gasteiger partial charge on any atom is -0.357 e. The summed E-state index contributed by atoms with van der Waals surface area (Å²) in [7, 11) is 0.